The van der Waals surface area contributed by atoms with E-state index in [1.165, 1.54) is 37.8 Å². The monoisotopic (exact) mass is 292 g/mol. The molecule has 2 aliphatic carbocycles. The maximum atomic E-state index is 13.3. The van der Waals surface area contributed by atoms with Crippen LogP contribution in [-0.2, 0) is 11.3 Å². The van der Waals surface area contributed by atoms with Crippen LogP contribution in [0.2, 0.25) is 0 Å². The Morgan fingerprint density at radius 1 is 1.29 bits per heavy atom. The fourth-order valence-electron chi connectivity index (χ4n) is 2.14. The first-order valence-electron chi connectivity index (χ1n) is 7.62. The predicted octanol–water partition coefficient (Wildman–Crippen LogP) is 1.98. The van der Waals surface area contributed by atoms with E-state index in [1.807, 2.05) is 0 Å². The Hall–Kier alpha value is -1.62. The summed E-state index contributed by atoms with van der Waals surface area (Å²) in [6.45, 7) is 1.29. The molecule has 5 heteroatoms. The number of carbonyl (C=O) groups is 1. The molecule has 2 aliphatic rings. The lowest BCUT2D eigenvalue weighted by Crippen LogP contribution is -2.30. The molecule has 21 heavy (non-hydrogen) atoms. The third-order valence-corrected chi connectivity index (χ3v) is 3.82. The maximum Gasteiger partial charge on any atom is 0.257 e. The molecule has 2 saturated carbocycles. The van der Waals surface area contributed by atoms with Crippen LogP contribution < -0.4 is 15.4 Å². The minimum atomic E-state index is -0.284. The van der Waals surface area contributed by atoms with Crippen LogP contribution in [0, 0.1) is 11.7 Å². The zero-order chi connectivity index (χ0) is 14.7. The Morgan fingerprint density at radius 3 is 2.81 bits per heavy atom. The van der Waals surface area contributed by atoms with E-state index in [4.69, 9.17) is 4.74 Å². The van der Waals surface area contributed by atoms with Crippen molar-refractivity contribution in [3.8, 4) is 5.75 Å². The van der Waals surface area contributed by atoms with Gasteiger partial charge in [0.15, 0.2) is 6.61 Å². The van der Waals surface area contributed by atoms with Crippen LogP contribution in [0.5, 0.6) is 5.75 Å². The van der Waals surface area contributed by atoms with Gasteiger partial charge in [-0.05, 0) is 49.8 Å². The highest BCUT2D eigenvalue weighted by molar-refractivity contribution is 5.77. The van der Waals surface area contributed by atoms with Crippen molar-refractivity contribution in [2.45, 2.75) is 38.3 Å². The van der Waals surface area contributed by atoms with Gasteiger partial charge < -0.3 is 15.4 Å². The van der Waals surface area contributed by atoms with Crippen LogP contribution >= 0.6 is 0 Å². The average Bonchev–Trinajstić information content (AvgIpc) is 3.36. The second-order valence-electron chi connectivity index (χ2n) is 5.94. The van der Waals surface area contributed by atoms with Crippen molar-refractivity contribution in [2.24, 2.45) is 5.92 Å². The first-order chi connectivity index (χ1) is 10.2. The summed E-state index contributed by atoms with van der Waals surface area (Å²) >= 11 is 0. The topological polar surface area (TPSA) is 50.4 Å². The molecule has 4 nitrogen and oxygen atoms in total. The number of carbonyl (C=O) groups excluding carboxylic acids is 1. The highest BCUT2D eigenvalue weighted by Crippen LogP contribution is 2.27. The fourth-order valence-corrected chi connectivity index (χ4v) is 2.14. The van der Waals surface area contributed by atoms with Gasteiger partial charge in [0.05, 0.1) is 0 Å². The molecule has 2 fully saturated rings. The van der Waals surface area contributed by atoms with Gasteiger partial charge in [-0.3, -0.25) is 4.79 Å². The van der Waals surface area contributed by atoms with E-state index < -0.39 is 0 Å². The van der Waals surface area contributed by atoms with E-state index in [0.717, 1.165) is 12.1 Å². The standard InChI is InChI=1S/C16H21FN2O2/c17-13-3-6-15(12(7-13)9-18-14-4-5-14)21-10-16(20)19-8-11-1-2-11/h3,6-7,11,14,18H,1-2,4-5,8-10H2,(H,19,20). The second-order valence-corrected chi connectivity index (χ2v) is 5.94. The third-order valence-electron chi connectivity index (χ3n) is 3.82. The lowest BCUT2D eigenvalue weighted by molar-refractivity contribution is -0.123. The number of hydrogen-bond acceptors (Lipinski definition) is 3. The maximum absolute atomic E-state index is 13.3. The van der Waals surface area contributed by atoms with Crippen molar-refractivity contribution in [3.05, 3.63) is 29.6 Å². The molecule has 0 spiro atoms. The summed E-state index contributed by atoms with van der Waals surface area (Å²) in [6, 6.07) is 4.96. The van der Waals surface area contributed by atoms with Crippen LogP contribution in [0.15, 0.2) is 18.2 Å². The van der Waals surface area contributed by atoms with Gasteiger partial charge in [0.25, 0.3) is 5.91 Å². The number of ether oxygens (including phenoxy) is 1. The molecule has 0 atom stereocenters. The van der Waals surface area contributed by atoms with E-state index in [1.54, 1.807) is 6.07 Å². The van der Waals surface area contributed by atoms with Crippen molar-refractivity contribution in [3.63, 3.8) is 0 Å². The number of amides is 1. The summed E-state index contributed by atoms with van der Waals surface area (Å²) in [5.74, 6) is 0.824. The highest BCUT2D eigenvalue weighted by atomic mass is 19.1. The fraction of sp³-hybridized carbons (Fsp3) is 0.562. The number of rotatable bonds is 8. The molecule has 0 unspecified atom stereocenters. The Balaban J connectivity index is 1.50. The van der Waals surface area contributed by atoms with Gasteiger partial charge in [0, 0.05) is 24.7 Å². The zero-order valence-corrected chi connectivity index (χ0v) is 12.0. The summed E-state index contributed by atoms with van der Waals surface area (Å²) in [7, 11) is 0. The molecule has 3 rings (SSSR count). The normalized spacial score (nSPS) is 17.6. The Kier molecular flexibility index (Phi) is 4.39. The SMILES string of the molecule is O=C(COc1ccc(F)cc1CNC1CC1)NCC1CC1. The zero-order valence-electron chi connectivity index (χ0n) is 12.0. The number of benzene rings is 1. The van der Waals surface area contributed by atoms with Gasteiger partial charge in [-0.25, -0.2) is 4.39 Å². The largest absolute Gasteiger partial charge is 0.483 e. The summed E-state index contributed by atoms with van der Waals surface area (Å²) in [5, 5.41) is 6.18. The molecular formula is C16H21FN2O2. The molecule has 0 heterocycles. The van der Waals surface area contributed by atoms with E-state index in [2.05, 4.69) is 10.6 Å². The van der Waals surface area contributed by atoms with Gasteiger partial charge in [0.2, 0.25) is 0 Å². The van der Waals surface area contributed by atoms with Crippen LogP contribution in [0.25, 0.3) is 0 Å². The van der Waals surface area contributed by atoms with Crippen LogP contribution in [-0.4, -0.2) is 25.1 Å². The summed E-state index contributed by atoms with van der Waals surface area (Å²) in [4.78, 5) is 11.7. The van der Waals surface area contributed by atoms with Gasteiger partial charge in [-0.15, -0.1) is 0 Å². The lowest BCUT2D eigenvalue weighted by Gasteiger charge is -2.12. The molecule has 0 bridgehead atoms. The number of halogens is 1. The smallest absolute Gasteiger partial charge is 0.257 e. The second kappa shape index (κ2) is 6.43. The van der Waals surface area contributed by atoms with Crippen LogP contribution in [0.1, 0.15) is 31.2 Å². The number of nitrogens with one attached hydrogen (secondary N) is 2. The molecule has 0 aliphatic heterocycles. The van der Waals surface area contributed by atoms with Crippen molar-refractivity contribution in [1.82, 2.24) is 10.6 Å². The van der Waals surface area contributed by atoms with Crippen LogP contribution in [0.4, 0.5) is 4.39 Å². The van der Waals surface area contributed by atoms with Crippen molar-refractivity contribution in [1.29, 1.82) is 0 Å². The molecule has 0 aromatic heterocycles. The lowest BCUT2D eigenvalue weighted by atomic mass is 10.2. The van der Waals surface area contributed by atoms with Gasteiger partial charge in [0.1, 0.15) is 11.6 Å². The molecular weight excluding hydrogens is 271 g/mol. The van der Waals surface area contributed by atoms with Crippen LogP contribution in [0.3, 0.4) is 0 Å². The highest BCUT2D eigenvalue weighted by Gasteiger charge is 2.22. The van der Waals surface area contributed by atoms with Crippen molar-refractivity contribution in [2.75, 3.05) is 13.2 Å². The summed E-state index contributed by atoms with van der Waals surface area (Å²) in [6.07, 6.45) is 4.76. The van der Waals surface area contributed by atoms with E-state index in [0.29, 0.717) is 24.3 Å². The van der Waals surface area contributed by atoms with Crippen molar-refractivity contribution < 1.29 is 13.9 Å². The quantitative estimate of drug-likeness (QED) is 0.770. The summed E-state index contributed by atoms with van der Waals surface area (Å²) in [5.41, 5.74) is 0.761. The molecule has 1 aromatic rings. The number of hydrogen-bond donors (Lipinski definition) is 2. The molecule has 1 aromatic carbocycles. The molecule has 0 saturated heterocycles. The first-order valence-corrected chi connectivity index (χ1v) is 7.62. The molecule has 0 radical (unpaired) electrons. The van der Waals surface area contributed by atoms with Gasteiger partial charge in [-0.1, -0.05) is 0 Å². The summed E-state index contributed by atoms with van der Waals surface area (Å²) < 4.78 is 18.9. The molecule has 114 valence electrons. The first kappa shape index (κ1) is 14.3. The predicted molar refractivity (Wildman–Crippen MR) is 77.5 cm³/mol. The minimum Gasteiger partial charge on any atom is -0.483 e. The Bertz CT molecular complexity index is 513. The van der Waals surface area contributed by atoms with Gasteiger partial charge >= 0.3 is 0 Å². The van der Waals surface area contributed by atoms with E-state index >= 15 is 0 Å². The minimum absolute atomic E-state index is 0.0191. The van der Waals surface area contributed by atoms with Crippen molar-refractivity contribution >= 4 is 5.91 Å². The van der Waals surface area contributed by atoms with E-state index in [9.17, 15) is 9.18 Å². The Labute approximate surface area is 124 Å². The third kappa shape index (κ3) is 4.70. The Morgan fingerprint density at radius 2 is 2.10 bits per heavy atom. The average molecular weight is 292 g/mol. The van der Waals surface area contributed by atoms with E-state index in [-0.39, 0.29) is 18.3 Å². The van der Waals surface area contributed by atoms with Gasteiger partial charge in [-0.2, -0.15) is 0 Å². The molecule has 1 amide bonds. The molecule has 2 N–H and O–H groups in total.